The number of hydrogen-bond acceptors (Lipinski definition) is 7. The zero-order valence-electron chi connectivity index (χ0n) is 32.7. The smallest absolute Gasteiger partial charge is 0.320 e. The Morgan fingerprint density at radius 3 is 2.15 bits per heavy atom. The maximum absolute atomic E-state index is 13.8. The van der Waals surface area contributed by atoms with Gasteiger partial charge in [-0.3, -0.25) is 29.3 Å². The Morgan fingerprint density at radius 2 is 1.45 bits per heavy atom. The van der Waals surface area contributed by atoms with E-state index in [9.17, 15) is 24.6 Å². The van der Waals surface area contributed by atoms with Crippen molar-refractivity contribution >= 4 is 23.3 Å². The van der Waals surface area contributed by atoms with Crippen LogP contribution in [-0.4, -0.2) is 60.9 Å². The van der Waals surface area contributed by atoms with E-state index in [-0.39, 0.29) is 18.1 Å². The molecule has 55 heavy (non-hydrogen) atoms. The summed E-state index contributed by atoms with van der Waals surface area (Å²) >= 11 is 0. The van der Waals surface area contributed by atoms with Crippen molar-refractivity contribution in [2.75, 3.05) is 11.9 Å². The summed E-state index contributed by atoms with van der Waals surface area (Å²) in [7, 11) is 0. The van der Waals surface area contributed by atoms with E-state index in [4.69, 9.17) is 0 Å². The first-order valence-electron chi connectivity index (χ1n) is 20.1. The van der Waals surface area contributed by atoms with Gasteiger partial charge in [-0.2, -0.15) is 0 Å². The molecule has 2 aromatic carbocycles. The van der Waals surface area contributed by atoms with Crippen LogP contribution in [0.3, 0.4) is 0 Å². The Balaban J connectivity index is 1.06. The van der Waals surface area contributed by atoms with Gasteiger partial charge in [0.2, 0.25) is 0 Å². The van der Waals surface area contributed by atoms with Gasteiger partial charge >= 0.3 is 5.97 Å². The summed E-state index contributed by atoms with van der Waals surface area (Å²) in [5.41, 5.74) is 10.2. The summed E-state index contributed by atoms with van der Waals surface area (Å²) in [6.45, 7) is 9.00. The number of carbonyl (C=O) groups is 3. The first-order valence-corrected chi connectivity index (χ1v) is 20.1. The number of amides is 1. The zero-order valence-corrected chi connectivity index (χ0v) is 32.7. The van der Waals surface area contributed by atoms with Crippen LogP contribution in [0.4, 0.5) is 5.69 Å². The first-order chi connectivity index (χ1) is 26.4. The predicted molar refractivity (Wildman–Crippen MR) is 215 cm³/mol. The quantitative estimate of drug-likeness (QED) is 0.103. The summed E-state index contributed by atoms with van der Waals surface area (Å²) in [5.74, 6) is -0.207. The Kier molecular flexibility index (Phi) is 11.3. The number of carboxylic acid groups (broad SMARTS) is 1. The van der Waals surface area contributed by atoms with Crippen molar-refractivity contribution in [2.24, 2.45) is 0 Å². The lowest BCUT2D eigenvalue weighted by Crippen LogP contribution is -2.44. The number of aryl methyl sites for hydroxylation is 1. The van der Waals surface area contributed by atoms with E-state index in [1.54, 1.807) is 6.20 Å². The number of pyridine rings is 2. The molecule has 2 aliphatic carbocycles. The molecule has 1 aliphatic heterocycles. The minimum Gasteiger partial charge on any atom is -0.480 e. The maximum atomic E-state index is 13.8. The Morgan fingerprint density at radius 1 is 0.818 bits per heavy atom. The third-order valence-electron chi connectivity index (χ3n) is 11.8. The standard InChI is InChI=1S/C46H54N4O5/c1-28-32(22-43(51)40-23-38(31-18-19-31)34(26-47-40)27-50-21-6-5-15-42(50)45(53)54)10-7-12-35(28)36-13-8-14-39(29(36)2)49-44(52)41-24-37(30-16-17-30)33(25-48-41)11-9-20-46(3,4)55/h7-8,10,12-14,23-26,30-31,42,55H,5-6,9,11,15-22,27H2,1-4H3,(H,49,52)(H,53,54)/t42-/m0/s1. The highest BCUT2D eigenvalue weighted by molar-refractivity contribution is 6.04. The number of piperidine rings is 1. The van der Waals surface area contributed by atoms with Crippen molar-refractivity contribution in [3.63, 3.8) is 0 Å². The highest BCUT2D eigenvalue weighted by Crippen LogP contribution is 2.43. The van der Waals surface area contributed by atoms with E-state index in [2.05, 4.69) is 26.3 Å². The lowest BCUT2D eigenvalue weighted by molar-refractivity contribution is -0.144. The summed E-state index contributed by atoms with van der Waals surface area (Å²) in [6, 6.07) is 15.4. The number of aliphatic hydroxyl groups is 1. The number of Topliss-reactive ketones (excluding diaryl/α,β-unsaturated/α-hetero) is 1. The summed E-state index contributed by atoms with van der Waals surface area (Å²) in [5, 5.41) is 23.1. The molecular formula is C46H54N4O5. The fourth-order valence-electron chi connectivity index (χ4n) is 8.23. The van der Waals surface area contributed by atoms with Crippen LogP contribution in [0, 0.1) is 13.8 Å². The van der Waals surface area contributed by atoms with E-state index in [1.165, 1.54) is 5.56 Å². The van der Waals surface area contributed by atoms with Crippen molar-refractivity contribution in [2.45, 2.75) is 128 Å². The van der Waals surface area contributed by atoms with Crippen LogP contribution in [0.25, 0.3) is 11.1 Å². The zero-order chi connectivity index (χ0) is 38.9. The largest absolute Gasteiger partial charge is 0.480 e. The van der Waals surface area contributed by atoms with Gasteiger partial charge in [0.1, 0.15) is 17.4 Å². The molecule has 2 saturated carbocycles. The van der Waals surface area contributed by atoms with Crippen LogP contribution in [0.1, 0.15) is 143 Å². The highest BCUT2D eigenvalue weighted by Gasteiger charge is 2.32. The summed E-state index contributed by atoms with van der Waals surface area (Å²) in [4.78, 5) is 50.6. The number of carbonyl (C=O) groups excluding carboxylic acids is 2. The lowest BCUT2D eigenvalue weighted by Gasteiger charge is -2.33. The van der Waals surface area contributed by atoms with Crippen LogP contribution >= 0.6 is 0 Å². The molecule has 1 atom stereocenters. The molecule has 0 spiro atoms. The highest BCUT2D eigenvalue weighted by atomic mass is 16.4. The average Bonchev–Trinajstić information content (AvgIpc) is 4.08. The van der Waals surface area contributed by atoms with Crippen LogP contribution in [0.15, 0.2) is 60.9 Å². The number of likely N-dealkylation sites (tertiary alicyclic amines) is 1. The van der Waals surface area contributed by atoms with E-state index >= 15 is 0 Å². The van der Waals surface area contributed by atoms with Gasteiger partial charge in [0, 0.05) is 31.0 Å². The van der Waals surface area contributed by atoms with E-state index in [0.29, 0.717) is 48.3 Å². The van der Waals surface area contributed by atoms with Crippen LogP contribution in [0.5, 0.6) is 0 Å². The van der Waals surface area contributed by atoms with Gasteiger partial charge in [-0.05, 0) is 172 Å². The van der Waals surface area contributed by atoms with Crippen molar-refractivity contribution in [3.05, 3.63) is 111 Å². The molecule has 9 nitrogen and oxygen atoms in total. The number of nitrogens with zero attached hydrogens (tertiary/aromatic N) is 3. The van der Waals surface area contributed by atoms with Gasteiger partial charge in [-0.15, -0.1) is 0 Å². The second kappa shape index (κ2) is 16.2. The topological polar surface area (TPSA) is 133 Å². The first kappa shape index (κ1) is 38.5. The normalized spacial score (nSPS) is 17.6. The van der Waals surface area contributed by atoms with Gasteiger partial charge in [-0.1, -0.05) is 36.8 Å². The molecule has 0 radical (unpaired) electrons. The SMILES string of the molecule is Cc1c(CC(=O)c2cc(C3CC3)c(CN3CCCC[C@H]3C(=O)O)cn2)cccc1-c1cccc(NC(=O)c2cc(C3CC3)c(CCCC(C)(C)O)cn2)c1C. The van der Waals surface area contributed by atoms with Gasteiger partial charge in [-0.25, -0.2) is 0 Å². The van der Waals surface area contributed by atoms with Gasteiger partial charge in [0.15, 0.2) is 5.78 Å². The van der Waals surface area contributed by atoms with Crippen LogP contribution in [-0.2, 0) is 24.2 Å². The number of anilines is 1. The molecule has 288 valence electrons. The minimum absolute atomic E-state index is 0.0471. The van der Waals surface area contributed by atoms with Crippen LogP contribution in [0.2, 0.25) is 0 Å². The molecule has 1 saturated heterocycles. The van der Waals surface area contributed by atoms with E-state index in [1.807, 2.05) is 76.4 Å². The molecule has 3 N–H and O–H groups in total. The molecule has 7 rings (SSSR count). The van der Waals surface area contributed by atoms with Crippen molar-refractivity contribution in [3.8, 4) is 11.1 Å². The third-order valence-corrected chi connectivity index (χ3v) is 11.8. The monoisotopic (exact) mass is 742 g/mol. The second-order valence-corrected chi connectivity index (χ2v) is 16.7. The summed E-state index contributed by atoms with van der Waals surface area (Å²) in [6.07, 6.45) is 13.2. The third kappa shape index (κ3) is 9.22. The van der Waals surface area contributed by atoms with E-state index in [0.717, 1.165) is 102 Å². The summed E-state index contributed by atoms with van der Waals surface area (Å²) < 4.78 is 0. The van der Waals surface area contributed by atoms with Crippen molar-refractivity contribution < 1.29 is 24.6 Å². The Hall–Kier alpha value is -4.73. The molecule has 1 amide bonds. The average molecular weight is 743 g/mol. The molecule has 3 heterocycles. The molecule has 3 fully saturated rings. The lowest BCUT2D eigenvalue weighted by atomic mass is 9.90. The molecule has 4 aromatic rings. The number of rotatable bonds is 15. The number of nitrogens with one attached hydrogen (secondary N) is 1. The molecule has 0 bridgehead atoms. The molecule has 9 heteroatoms. The van der Waals surface area contributed by atoms with Crippen molar-refractivity contribution in [1.82, 2.24) is 14.9 Å². The second-order valence-electron chi connectivity index (χ2n) is 16.7. The molecule has 2 aromatic heterocycles. The number of benzene rings is 2. The number of ketones is 1. The predicted octanol–water partition coefficient (Wildman–Crippen LogP) is 8.73. The fraction of sp³-hybridized carbons (Fsp3) is 0.457. The fourth-order valence-corrected chi connectivity index (χ4v) is 8.23. The number of hydrogen-bond donors (Lipinski definition) is 3. The molecular weight excluding hydrogens is 689 g/mol. The molecule has 0 unspecified atom stereocenters. The van der Waals surface area contributed by atoms with E-state index < -0.39 is 17.6 Å². The number of carboxylic acids is 1. The Labute approximate surface area is 324 Å². The van der Waals surface area contributed by atoms with Gasteiger partial charge in [0.05, 0.1) is 5.60 Å². The molecule has 3 aliphatic rings. The van der Waals surface area contributed by atoms with Gasteiger partial charge < -0.3 is 15.5 Å². The maximum Gasteiger partial charge on any atom is 0.320 e. The number of aromatic nitrogens is 2. The van der Waals surface area contributed by atoms with Crippen molar-refractivity contribution in [1.29, 1.82) is 0 Å². The Bertz CT molecular complexity index is 2090. The minimum atomic E-state index is -0.770. The van der Waals surface area contributed by atoms with Crippen LogP contribution < -0.4 is 5.32 Å². The number of aliphatic carboxylic acids is 1. The van der Waals surface area contributed by atoms with Gasteiger partial charge in [0.25, 0.3) is 5.91 Å².